The van der Waals surface area contributed by atoms with Gasteiger partial charge in [-0.05, 0) is 41.5 Å². The van der Waals surface area contributed by atoms with Gasteiger partial charge in [-0.1, -0.05) is 15.9 Å². The lowest BCUT2D eigenvalue weighted by molar-refractivity contribution is 0.0594. The number of methoxy groups -OCH3 is 3. The Morgan fingerprint density at radius 3 is 2.35 bits per heavy atom. The molecule has 0 aliphatic heterocycles. The molecular formula is C19H18BrNO5. The van der Waals surface area contributed by atoms with Crippen LogP contribution in [0.25, 0.3) is 10.9 Å². The summed E-state index contributed by atoms with van der Waals surface area (Å²) in [5.41, 5.74) is 2.85. The Bertz CT molecular complexity index is 954. The summed E-state index contributed by atoms with van der Waals surface area (Å²) in [5.74, 6) is 0.110. The number of aromatic nitrogens is 1. The summed E-state index contributed by atoms with van der Waals surface area (Å²) in [5, 5.41) is 11.0. The Balaban J connectivity index is 2.16. The summed E-state index contributed by atoms with van der Waals surface area (Å²) in [6.07, 6.45) is 0.424. The summed E-state index contributed by atoms with van der Waals surface area (Å²) in [6, 6.07) is 9.18. The number of rotatable bonds is 5. The van der Waals surface area contributed by atoms with Crippen LogP contribution >= 0.6 is 15.9 Å². The lowest BCUT2D eigenvalue weighted by Gasteiger charge is -2.12. The average molecular weight is 420 g/mol. The maximum atomic E-state index is 12.2. The predicted molar refractivity (Wildman–Crippen MR) is 101 cm³/mol. The molecular weight excluding hydrogens is 402 g/mol. The van der Waals surface area contributed by atoms with Crippen molar-refractivity contribution in [3.05, 3.63) is 51.6 Å². The highest BCUT2D eigenvalue weighted by Crippen LogP contribution is 2.38. The van der Waals surface area contributed by atoms with Gasteiger partial charge in [-0.15, -0.1) is 0 Å². The molecule has 3 aromatic rings. The molecule has 0 bridgehead atoms. The van der Waals surface area contributed by atoms with Crippen LogP contribution in [0.5, 0.6) is 17.2 Å². The zero-order chi connectivity index (χ0) is 18.8. The summed E-state index contributed by atoms with van der Waals surface area (Å²) < 4.78 is 16.2. The van der Waals surface area contributed by atoms with Gasteiger partial charge in [-0.25, -0.2) is 4.79 Å². The Morgan fingerprint density at radius 2 is 1.77 bits per heavy atom. The summed E-state index contributed by atoms with van der Waals surface area (Å²) in [4.78, 5) is 15.3. The van der Waals surface area contributed by atoms with Gasteiger partial charge < -0.3 is 24.3 Å². The third kappa shape index (κ3) is 3.22. The SMILES string of the molecule is COC(=O)c1[nH]c2ccc(Br)cc2c1Cc1cc(OC)c(O)c(OC)c1. The number of phenolic OH excluding ortho intramolecular Hbond substituents is 1. The highest BCUT2D eigenvalue weighted by atomic mass is 79.9. The number of carbonyl (C=O) groups excluding carboxylic acids is 1. The number of esters is 1. The number of hydrogen-bond acceptors (Lipinski definition) is 5. The maximum Gasteiger partial charge on any atom is 0.354 e. The topological polar surface area (TPSA) is 80.8 Å². The molecule has 7 heteroatoms. The molecule has 1 aromatic heterocycles. The average Bonchev–Trinajstić information content (AvgIpc) is 2.99. The molecule has 0 saturated carbocycles. The molecule has 2 aromatic carbocycles. The van der Waals surface area contributed by atoms with E-state index in [1.54, 1.807) is 12.1 Å². The number of aromatic hydroxyl groups is 1. The molecule has 0 aliphatic rings. The molecule has 0 fully saturated rings. The van der Waals surface area contributed by atoms with E-state index in [0.29, 0.717) is 23.6 Å². The predicted octanol–water partition coefficient (Wildman–Crippen LogP) is 4.03. The van der Waals surface area contributed by atoms with Crippen LogP contribution in [-0.2, 0) is 11.2 Å². The minimum Gasteiger partial charge on any atom is -0.502 e. The van der Waals surface area contributed by atoms with Gasteiger partial charge in [0.15, 0.2) is 11.5 Å². The number of ether oxygens (including phenoxy) is 3. The molecule has 2 N–H and O–H groups in total. The number of hydrogen-bond donors (Lipinski definition) is 2. The highest BCUT2D eigenvalue weighted by molar-refractivity contribution is 9.10. The highest BCUT2D eigenvalue weighted by Gasteiger charge is 2.20. The monoisotopic (exact) mass is 419 g/mol. The Kier molecular flexibility index (Phi) is 5.08. The molecule has 0 atom stereocenters. The minimum absolute atomic E-state index is 0.0615. The lowest BCUT2D eigenvalue weighted by atomic mass is 10.0. The van der Waals surface area contributed by atoms with E-state index in [9.17, 15) is 9.90 Å². The number of carbonyl (C=O) groups is 1. The molecule has 3 rings (SSSR count). The van der Waals surface area contributed by atoms with Crippen molar-refractivity contribution < 1.29 is 24.1 Å². The largest absolute Gasteiger partial charge is 0.502 e. The van der Waals surface area contributed by atoms with Crippen LogP contribution in [0.3, 0.4) is 0 Å². The molecule has 0 aliphatic carbocycles. The van der Waals surface area contributed by atoms with Crippen molar-refractivity contribution in [2.24, 2.45) is 0 Å². The molecule has 1 heterocycles. The molecule has 0 spiro atoms. The second-order valence-electron chi connectivity index (χ2n) is 5.69. The first-order valence-corrected chi connectivity index (χ1v) is 8.60. The van der Waals surface area contributed by atoms with Crippen molar-refractivity contribution in [3.63, 3.8) is 0 Å². The number of H-pyrrole nitrogens is 1. The van der Waals surface area contributed by atoms with E-state index < -0.39 is 5.97 Å². The first kappa shape index (κ1) is 18.1. The lowest BCUT2D eigenvalue weighted by Crippen LogP contribution is -2.05. The summed E-state index contributed by atoms with van der Waals surface area (Å²) in [7, 11) is 4.29. The van der Waals surface area contributed by atoms with Gasteiger partial charge >= 0.3 is 5.97 Å². The van der Waals surface area contributed by atoms with Crippen molar-refractivity contribution in [2.45, 2.75) is 6.42 Å². The summed E-state index contributed by atoms with van der Waals surface area (Å²) in [6.45, 7) is 0. The van der Waals surface area contributed by atoms with Gasteiger partial charge in [0.1, 0.15) is 5.69 Å². The first-order chi connectivity index (χ1) is 12.5. The fourth-order valence-corrected chi connectivity index (χ4v) is 3.29. The van der Waals surface area contributed by atoms with Gasteiger partial charge in [0, 0.05) is 21.8 Å². The van der Waals surface area contributed by atoms with E-state index in [-0.39, 0.29) is 5.75 Å². The number of aromatic amines is 1. The molecule has 0 unspecified atom stereocenters. The normalized spacial score (nSPS) is 10.8. The van der Waals surface area contributed by atoms with E-state index in [1.807, 2.05) is 18.2 Å². The van der Waals surface area contributed by atoms with Gasteiger partial charge in [0.2, 0.25) is 5.75 Å². The van der Waals surface area contributed by atoms with E-state index >= 15 is 0 Å². The molecule has 0 amide bonds. The van der Waals surface area contributed by atoms with Crippen molar-refractivity contribution in [1.82, 2.24) is 4.98 Å². The Labute approximate surface area is 158 Å². The second kappa shape index (κ2) is 7.29. The number of phenols is 1. The van der Waals surface area contributed by atoms with E-state index in [0.717, 1.165) is 26.5 Å². The number of halogens is 1. The van der Waals surface area contributed by atoms with E-state index in [2.05, 4.69) is 20.9 Å². The molecule has 26 heavy (non-hydrogen) atoms. The van der Waals surface area contributed by atoms with Crippen LogP contribution in [0, 0.1) is 0 Å². The van der Waals surface area contributed by atoms with E-state index in [4.69, 9.17) is 14.2 Å². The fraction of sp³-hybridized carbons (Fsp3) is 0.211. The standard InChI is InChI=1S/C19H18BrNO5/c1-24-15-7-10(8-16(25-2)18(15)22)6-13-12-9-11(20)4-5-14(12)21-17(13)19(23)26-3/h4-5,7-9,21-22H,6H2,1-3H3. The Morgan fingerprint density at radius 1 is 1.12 bits per heavy atom. The van der Waals surface area contributed by atoms with Gasteiger partial charge in [-0.3, -0.25) is 0 Å². The van der Waals surface area contributed by atoms with Crippen LogP contribution in [-0.4, -0.2) is 37.4 Å². The molecule has 0 saturated heterocycles. The third-order valence-corrected chi connectivity index (χ3v) is 4.67. The number of benzene rings is 2. The zero-order valence-electron chi connectivity index (χ0n) is 14.6. The van der Waals surface area contributed by atoms with Gasteiger partial charge in [-0.2, -0.15) is 0 Å². The van der Waals surface area contributed by atoms with Crippen molar-refractivity contribution >= 4 is 32.8 Å². The van der Waals surface area contributed by atoms with Crippen molar-refractivity contribution in [3.8, 4) is 17.2 Å². The van der Waals surface area contributed by atoms with Crippen LogP contribution in [0.15, 0.2) is 34.8 Å². The van der Waals surface area contributed by atoms with Crippen LogP contribution in [0.4, 0.5) is 0 Å². The smallest absolute Gasteiger partial charge is 0.354 e. The van der Waals surface area contributed by atoms with Crippen LogP contribution in [0.1, 0.15) is 21.6 Å². The second-order valence-corrected chi connectivity index (χ2v) is 6.60. The molecule has 136 valence electrons. The molecule has 0 radical (unpaired) electrons. The first-order valence-electron chi connectivity index (χ1n) is 7.80. The number of fused-ring (bicyclic) bond motifs is 1. The van der Waals surface area contributed by atoms with Crippen molar-refractivity contribution in [2.75, 3.05) is 21.3 Å². The van der Waals surface area contributed by atoms with Crippen LogP contribution < -0.4 is 9.47 Å². The minimum atomic E-state index is -0.440. The van der Waals surface area contributed by atoms with Gasteiger partial charge in [0.05, 0.1) is 21.3 Å². The zero-order valence-corrected chi connectivity index (χ0v) is 16.1. The quantitative estimate of drug-likeness (QED) is 0.610. The van der Waals surface area contributed by atoms with Gasteiger partial charge in [0.25, 0.3) is 0 Å². The Hall–Kier alpha value is -2.67. The number of nitrogens with one attached hydrogen (secondary N) is 1. The van der Waals surface area contributed by atoms with E-state index in [1.165, 1.54) is 21.3 Å². The third-order valence-electron chi connectivity index (χ3n) is 4.18. The fourth-order valence-electron chi connectivity index (χ4n) is 2.93. The van der Waals surface area contributed by atoms with Crippen LogP contribution in [0.2, 0.25) is 0 Å². The summed E-state index contributed by atoms with van der Waals surface area (Å²) >= 11 is 3.47. The molecule has 6 nitrogen and oxygen atoms in total. The van der Waals surface area contributed by atoms with Crippen molar-refractivity contribution in [1.29, 1.82) is 0 Å². The maximum absolute atomic E-state index is 12.2.